The second-order valence-electron chi connectivity index (χ2n) is 27.8. The van der Waals surface area contributed by atoms with Crippen LogP contribution in [0.5, 0.6) is 0 Å². The van der Waals surface area contributed by atoms with E-state index in [1.807, 2.05) is 161 Å². The minimum atomic E-state index is -1.46. The first kappa shape index (κ1) is 71.1. The van der Waals surface area contributed by atoms with Crippen LogP contribution in [-0.2, 0) is 0 Å². The molecular formula is C99H59F8N9. The molecule has 21 rings (SSSR count). The van der Waals surface area contributed by atoms with E-state index in [1.165, 1.54) is 59.3 Å². The molecule has 0 radical (unpaired) electrons. The second kappa shape index (κ2) is 29.8. The highest BCUT2D eigenvalue weighted by molar-refractivity contribution is 6.12. The normalized spacial score (nSPS) is 11.4. The van der Waals surface area contributed by atoms with Crippen LogP contribution >= 0.6 is 0 Å². The van der Waals surface area contributed by atoms with E-state index < -0.39 is 34.5 Å². The lowest BCUT2D eigenvalue weighted by Crippen LogP contribution is -2.09. The Kier molecular flexibility index (Phi) is 18.3. The molecule has 0 aliphatic rings. The van der Waals surface area contributed by atoms with Crippen LogP contribution < -0.4 is 0 Å². The van der Waals surface area contributed by atoms with E-state index >= 15 is 17.6 Å². The van der Waals surface area contributed by atoms with Crippen LogP contribution in [-0.4, -0.2) is 43.0 Å². The Labute approximate surface area is 657 Å². The number of para-hydroxylation sites is 2. The first-order chi connectivity index (χ1) is 56.8. The number of nitrogens with zero attached hydrogens (tertiary/aromatic N) is 9. The summed E-state index contributed by atoms with van der Waals surface area (Å²) in [6, 6.07) is 98.8. The lowest BCUT2D eigenvalue weighted by molar-refractivity contribution is 0.454. The summed E-state index contributed by atoms with van der Waals surface area (Å²) in [6.45, 7) is 0. The Balaban J connectivity index is 0.000000116. The molecule has 0 fully saturated rings. The summed E-state index contributed by atoms with van der Waals surface area (Å²) in [4.78, 5) is 23.3. The van der Waals surface area contributed by atoms with Gasteiger partial charge in [0.15, 0.2) is 23.3 Å². The summed E-state index contributed by atoms with van der Waals surface area (Å²) >= 11 is 0. The van der Waals surface area contributed by atoms with E-state index in [0.29, 0.717) is 49.2 Å². The lowest BCUT2D eigenvalue weighted by atomic mass is 9.96. The molecule has 0 aliphatic carbocycles. The Hall–Kier alpha value is -15.2. The number of rotatable bonds is 11. The molecule has 11 aromatic carbocycles. The molecule has 10 aromatic heterocycles. The van der Waals surface area contributed by atoms with Crippen LogP contribution in [0.1, 0.15) is 0 Å². The third kappa shape index (κ3) is 13.0. The van der Waals surface area contributed by atoms with Crippen molar-refractivity contribution < 1.29 is 35.1 Å². The quantitative estimate of drug-likeness (QED) is 0.0952. The zero-order valence-electron chi connectivity index (χ0n) is 61.1. The van der Waals surface area contributed by atoms with E-state index in [0.717, 1.165) is 112 Å². The zero-order chi connectivity index (χ0) is 78.7. The predicted molar refractivity (Wildman–Crippen MR) is 445 cm³/mol. The van der Waals surface area contributed by atoms with Crippen molar-refractivity contribution in [3.8, 4) is 107 Å². The summed E-state index contributed by atoms with van der Waals surface area (Å²) in [5.74, 6) is -7.23. The van der Waals surface area contributed by atoms with Gasteiger partial charge in [0, 0.05) is 91.4 Å². The first-order valence-corrected chi connectivity index (χ1v) is 37.2. The van der Waals surface area contributed by atoms with Gasteiger partial charge in [0.25, 0.3) is 0 Å². The van der Waals surface area contributed by atoms with Crippen molar-refractivity contribution >= 4 is 70.9 Å². The third-order valence-corrected chi connectivity index (χ3v) is 20.9. The smallest absolute Gasteiger partial charge is 0.186 e. The van der Waals surface area contributed by atoms with E-state index in [1.54, 1.807) is 132 Å². The molecule has 0 aliphatic heterocycles. The van der Waals surface area contributed by atoms with Gasteiger partial charge < -0.3 is 18.1 Å². The Bertz CT molecular complexity index is 6730. The van der Waals surface area contributed by atoms with Crippen LogP contribution in [0, 0.1) is 46.5 Å². The number of hydrogen-bond donors (Lipinski definition) is 0. The molecule has 9 nitrogen and oxygen atoms in total. The maximum atomic E-state index is 16.0. The summed E-state index contributed by atoms with van der Waals surface area (Å²) in [5.41, 5.74) is 16.8. The van der Waals surface area contributed by atoms with Crippen molar-refractivity contribution in [2.45, 2.75) is 0 Å². The molecular weight excluding hydrogens is 1470 g/mol. The van der Waals surface area contributed by atoms with Gasteiger partial charge in [0.1, 0.15) is 29.0 Å². The largest absolute Gasteiger partial charge is 0.323 e. The molecule has 0 spiro atoms. The number of benzene rings is 11. The maximum absolute atomic E-state index is 16.0. The van der Waals surface area contributed by atoms with Crippen molar-refractivity contribution in [3.63, 3.8) is 0 Å². The fourth-order valence-corrected chi connectivity index (χ4v) is 15.6. The topological polar surface area (TPSA) is 83.6 Å². The van der Waals surface area contributed by atoms with Gasteiger partial charge in [0.2, 0.25) is 0 Å². The van der Waals surface area contributed by atoms with E-state index in [4.69, 9.17) is 9.97 Å². The minimum absolute atomic E-state index is 0.0592. The molecule has 17 heteroatoms. The van der Waals surface area contributed by atoms with Gasteiger partial charge in [-0.05, 0) is 210 Å². The van der Waals surface area contributed by atoms with Crippen LogP contribution in [0.2, 0.25) is 0 Å². The predicted octanol–water partition coefficient (Wildman–Crippen LogP) is 26.0. The average Bonchev–Trinajstić information content (AvgIpc) is 1.50. The Morgan fingerprint density at radius 1 is 0.224 bits per heavy atom. The molecule has 0 bridgehead atoms. The SMILES string of the molecule is Fc1c(F)c(-n2c3ccccc3c3ccccc32)c(F)c(F)c1-c1cn2ccccc2c1-c1ccccc1.Fc1ccc2c(c1)c1cc(F)ccc1n2-c1ccc(-c2cc(-c3ccccc3)nc(-c3ccccn3)c2)cc1.Fc1ccc2c(c1)c1cc(F)ccc1n2-c1ccc(-c2cc(-c3ccccn3)nc(-c3ccccn3)c2)cc1. The van der Waals surface area contributed by atoms with Gasteiger partial charge in [-0.2, -0.15) is 0 Å². The maximum Gasteiger partial charge on any atom is 0.186 e. The first-order valence-electron chi connectivity index (χ1n) is 37.2. The molecule has 0 N–H and O–H groups in total. The molecule has 10 heterocycles. The van der Waals surface area contributed by atoms with Gasteiger partial charge in [-0.3, -0.25) is 15.0 Å². The molecule has 0 atom stereocenters. The third-order valence-electron chi connectivity index (χ3n) is 20.9. The zero-order valence-corrected chi connectivity index (χ0v) is 61.1. The van der Waals surface area contributed by atoms with Crippen LogP contribution in [0.15, 0.2) is 359 Å². The molecule has 0 saturated heterocycles. The highest BCUT2D eigenvalue weighted by Crippen LogP contribution is 2.45. The molecule has 556 valence electrons. The van der Waals surface area contributed by atoms with Crippen molar-refractivity contribution in [1.29, 1.82) is 0 Å². The van der Waals surface area contributed by atoms with Gasteiger partial charge in [0.05, 0.1) is 84.0 Å². The number of fused-ring (bicyclic) bond motifs is 10. The number of aromatic nitrogens is 9. The molecule has 0 saturated carbocycles. The number of halogens is 8. The van der Waals surface area contributed by atoms with E-state index in [-0.39, 0.29) is 28.8 Å². The monoisotopic (exact) mass is 1530 g/mol. The standard InChI is InChI=1S/C34H21F2N3.C33H20F2N4.C32H18F4N2/c35-25-11-15-33-28(20-25)29-21-26(36)12-16-34(29)39(33)27-13-9-22(10-14-27)24-18-31(23-6-2-1-3-7-23)38-32(19-24)30-8-4-5-17-37-30;34-23-9-13-32-26(19-23)27-20-24(35)10-14-33(27)39(32)25-11-7-21(8-12-25)22-17-30(28-5-1-3-15-36-28)38-31(18-22)29-6-2-4-16-37-29;33-28-27(22-18-37-17-9-8-16-25(37)26(22)19-10-2-1-3-11-19)29(34)31(36)32(30(28)35)38-23-14-6-4-12-20(23)21-13-5-7-15-24(21)38/h1-21H;1-20H;1-18H. The Morgan fingerprint density at radius 3 is 0.991 bits per heavy atom. The average molecular weight is 1530 g/mol. The fourth-order valence-electron chi connectivity index (χ4n) is 15.6. The fraction of sp³-hybridized carbons (Fsp3) is 0. The van der Waals surface area contributed by atoms with Crippen LogP contribution in [0.3, 0.4) is 0 Å². The minimum Gasteiger partial charge on any atom is -0.323 e. The molecule has 116 heavy (non-hydrogen) atoms. The lowest BCUT2D eigenvalue weighted by Gasteiger charge is -2.15. The molecule has 0 unspecified atom stereocenters. The van der Waals surface area contributed by atoms with Gasteiger partial charge in [-0.1, -0.05) is 146 Å². The van der Waals surface area contributed by atoms with E-state index in [9.17, 15) is 17.6 Å². The van der Waals surface area contributed by atoms with Crippen molar-refractivity contribution in [2.75, 3.05) is 0 Å². The number of pyridine rings is 6. The Morgan fingerprint density at radius 2 is 0.578 bits per heavy atom. The van der Waals surface area contributed by atoms with Crippen molar-refractivity contribution in [2.24, 2.45) is 0 Å². The van der Waals surface area contributed by atoms with Crippen LogP contribution in [0.25, 0.3) is 178 Å². The molecule has 21 aromatic rings. The van der Waals surface area contributed by atoms with Crippen molar-refractivity contribution in [3.05, 3.63) is 405 Å². The van der Waals surface area contributed by atoms with Gasteiger partial charge in [-0.25, -0.2) is 45.1 Å². The van der Waals surface area contributed by atoms with E-state index in [2.05, 4.69) is 39.2 Å². The second-order valence-corrected chi connectivity index (χ2v) is 27.8. The van der Waals surface area contributed by atoms with Crippen LogP contribution in [0.4, 0.5) is 35.1 Å². The van der Waals surface area contributed by atoms with Gasteiger partial charge in [-0.15, -0.1) is 0 Å². The summed E-state index contributed by atoms with van der Waals surface area (Å²) in [7, 11) is 0. The summed E-state index contributed by atoms with van der Waals surface area (Å²) in [5, 5.41) is 4.13. The number of hydrogen-bond acceptors (Lipinski definition) is 5. The highest BCUT2D eigenvalue weighted by atomic mass is 19.2. The van der Waals surface area contributed by atoms with Crippen molar-refractivity contribution in [1.82, 2.24) is 43.0 Å². The van der Waals surface area contributed by atoms with Gasteiger partial charge >= 0.3 is 0 Å². The highest BCUT2D eigenvalue weighted by Gasteiger charge is 2.32. The molecule has 0 amide bonds. The summed E-state index contributed by atoms with van der Waals surface area (Å²) in [6.07, 6.45) is 8.49. The summed E-state index contributed by atoms with van der Waals surface area (Å²) < 4.78 is 127.